The lowest BCUT2D eigenvalue weighted by Gasteiger charge is -2.26. The lowest BCUT2D eigenvalue weighted by atomic mass is 9.78. The van der Waals surface area contributed by atoms with Gasteiger partial charge in [-0.05, 0) is 54.0 Å². The van der Waals surface area contributed by atoms with E-state index in [9.17, 15) is 3.89 Å². The van der Waals surface area contributed by atoms with E-state index in [0.29, 0.717) is 31.2 Å². The molecule has 2 aromatic rings. The van der Waals surface area contributed by atoms with Crippen LogP contribution < -0.4 is 9.47 Å². The summed E-state index contributed by atoms with van der Waals surface area (Å²) in [5, 5.41) is -0.136. The van der Waals surface area contributed by atoms with Crippen LogP contribution in [0.3, 0.4) is 0 Å². The van der Waals surface area contributed by atoms with Crippen LogP contribution in [0.4, 0.5) is 3.89 Å². The van der Waals surface area contributed by atoms with Crippen molar-refractivity contribution in [1.82, 2.24) is 0 Å². The van der Waals surface area contributed by atoms with Crippen molar-refractivity contribution in [2.75, 3.05) is 30.6 Å². The van der Waals surface area contributed by atoms with Gasteiger partial charge in [-0.15, -0.1) is 11.6 Å². The van der Waals surface area contributed by atoms with Crippen LogP contribution in [0.1, 0.15) is 51.2 Å². The maximum Gasteiger partial charge on any atom is 0.119 e. The van der Waals surface area contributed by atoms with Crippen molar-refractivity contribution < 1.29 is 13.4 Å². The Morgan fingerprint density at radius 3 is 2.03 bits per heavy atom. The van der Waals surface area contributed by atoms with Crippen molar-refractivity contribution in [2.24, 2.45) is 0 Å². The van der Waals surface area contributed by atoms with Gasteiger partial charge in [0.2, 0.25) is 0 Å². The number of halogens is 2. The minimum atomic E-state index is -0.152. The van der Waals surface area contributed by atoms with Gasteiger partial charge in [-0.2, -0.15) is 15.6 Å². The number of alkyl halides is 1. The molecular weight excluding hydrogens is 451 g/mol. The molecule has 0 aliphatic rings. The highest BCUT2D eigenvalue weighted by molar-refractivity contribution is 8.01. The standard InChI is InChI=1S/C25H34ClFO2S2/c1-4-5-17-30-19-24(31-27)18-29-23-13-9-21(10-14-23)25(2,3)20-7-11-22(12-8-20)28-16-6-15-26/h7-14,24H,4-6,15-19H2,1-3H3. The molecule has 0 radical (unpaired) electrons. The Labute approximate surface area is 200 Å². The Morgan fingerprint density at radius 2 is 1.52 bits per heavy atom. The SMILES string of the molecule is CCCCSCC(COc1ccc(C(C)(C)c2ccc(OCCCCl)cc2)cc1)SF. The molecule has 6 heteroatoms. The fourth-order valence-corrected chi connectivity index (χ4v) is 4.84. The number of unbranched alkanes of at least 4 members (excludes halogenated alkanes) is 1. The minimum Gasteiger partial charge on any atom is -0.494 e. The molecular formula is C25H34ClFO2S2. The first-order chi connectivity index (χ1) is 15.0. The smallest absolute Gasteiger partial charge is 0.119 e. The van der Waals surface area contributed by atoms with Crippen LogP contribution in [-0.2, 0) is 5.41 Å². The molecule has 2 rings (SSSR count). The largest absolute Gasteiger partial charge is 0.494 e. The first-order valence-electron chi connectivity index (χ1n) is 10.9. The first kappa shape index (κ1) is 26.2. The third-order valence-corrected chi connectivity index (χ3v) is 7.45. The first-order valence-corrected chi connectivity index (χ1v) is 13.4. The van der Waals surface area contributed by atoms with E-state index in [-0.39, 0.29) is 10.7 Å². The summed E-state index contributed by atoms with van der Waals surface area (Å²) in [6.45, 7) is 7.59. The van der Waals surface area contributed by atoms with Crippen LogP contribution in [0.5, 0.6) is 11.5 Å². The number of thioether (sulfide) groups is 1. The summed E-state index contributed by atoms with van der Waals surface area (Å²) in [7, 11) is 0. The minimum absolute atomic E-state index is 0.136. The Hall–Kier alpha value is -1.04. The molecule has 0 spiro atoms. The van der Waals surface area contributed by atoms with Gasteiger partial charge in [-0.3, -0.25) is 0 Å². The number of hydrogen-bond acceptors (Lipinski definition) is 4. The lowest BCUT2D eigenvalue weighted by Crippen LogP contribution is -2.19. The van der Waals surface area contributed by atoms with Gasteiger partial charge in [-0.25, -0.2) is 0 Å². The average Bonchev–Trinajstić information content (AvgIpc) is 2.79. The second kappa shape index (κ2) is 14.2. The summed E-state index contributed by atoms with van der Waals surface area (Å²) >= 11 is 7.89. The molecule has 0 aromatic heterocycles. The van der Waals surface area contributed by atoms with E-state index >= 15 is 0 Å². The Morgan fingerprint density at radius 1 is 0.935 bits per heavy atom. The molecule has 1 atom stereocenters. The van der Waals surface area contributed by atoms with E-state index in [1.807, 2.05) is 24.3 Å². The highest BCUT2D eigenvalue weighted by Crippen LogP contribution is 2.33. The molecule has 1 unspecified atom stereocenters. The van der Waals surface area contributed by atoms with Crippen molar-refractivity contribution >= 4 is 35.5 Å². The van der Waals surface area contributed by atoms with E-state index in [0.717, 1.165) is 29.4 Å². The van der Waals surface area contributed by atoms with Crippen LogP contribution in [0, 0.1) is 0 Å². The van der Waals surface area contributed by atoms with Crippen molar-refractivity contribution in [3.8, 4) is 11.5 Å². The molecule has 0 N–H and O–H groups in total. The van der Waals surface area contributed by atoms with E-state index in [4.69, 9.17) is 21.1 Å². The van der Waals surface area contributed by atoms with Crippen LogP contribution in [0.15, 0.2) is 48.5 Å². The van der Waals surface area contributed by atoms with Gasteiger partial charge in [0.15, 0.2) is 0 Å². The number of hydrogen-bond donors (Lipinski definition) is 0. The summed E-state index contributed by atoms with van der Waals surface area (Å²) < 4.78 is 24.7. The van der Waals surface area contributed by atoms with Crippen molar-refractivity contribution in [3.63, 3.8) is 0 Å². The number of benzene rings is 2. The molecule has 0 bridgehead atoms. The van der Waals surface area contributed by atoms with Gasteiger partial charge in [0, 0.05) is 17.0 Å². The van der Waals surface area contributed by atoms with Gasteiger partial charge in [0.1, 0.15) is 18.1 Å². The Bertz CT molecular complexity index is 738. The molecule has 0 saturated heterocycles. The monoisotopic (exact) mass is 484 g/mol. The highest BCUT2D eigenvalue weighted by Gasteiger charge is 2.23. The van der Waals surface area contributed by atoms with Gasteiger partial charge < -0.3 is 9.47 Å². The lowest BCUT2D eigenvalue weighted by molar-refractivity contribution is 0.318. The fourth-order valence-electron chi connectivity index (χ4n) is 3.10. The summed E-state index contributed by atoms with van der Waals surface area (Å²) in [5.41, 5.74) is 2.26. The van der Waals surface area contributed by atoms with Gasteiger partial charge in [0.05, 0.1) is 24.0 Å². The maximum atomic E-state index is 13.2. The van der Waals surface area contributed by atoms with Gasteiger partial charge >= 0.3 is 0 Å². The second-order valence-corrected chi connectivity index (χ2v) is 10.4. The maximum absolute atomic E-state index is 13.2. The predicted molar refractivity (Wildman–Crippen MR) is 136 cm³/mol. The normalized spacial score (nSPS) is 12.5. The molecule has 0 amide bonds. The molecule has 0 saturated carbocycles. The van der Waals surface area contributed by atoms with Crippen LogP contribution >= 0.6 is 35.5 Å². The molecule has 0 fully saturated rings. The predicted octanol–water partition coefficient (Wildman–Crippen LogP) is 7.92. The summed E-state index contributed by atoms with van der Waals surface area (Å²) in [6.07, 6.45) is 3.19. The van der Waals surface area contributed by atoms with E-state index < -0.39 is 0 Å². The molecule has 2 nitrogen and oxygen atoms in total. The highest BCUT2D eigenvalue weighted by atomic mass is 35.5. The van der Waals surface area contributed by atoms with Crippen LogP contribution in [0.2, 0.25) is 0 Å². The van der Waals surface area contributed by atoms with Crippen molar-refractivity contribution in [1.29, 1.82) is 0 Å². The summed E-state index contributed by atoms with van der Waals surface area (Å²) in [5.74, 6) is 4.10. The molecule has 0 aliphatic heterocycles. The Balaban J connectivity index is 1.91. The third kappa shape index (κ3) is 8.78. The molecule has 172 valence electrons. The van der Waals surface area contributed by atoms with Gasteiger partial charge in [-0.1, -0.05) is 51.5 Å². The molecule has 2 aromatic carbocycles. The zero-order chi connectivity index (χ0) is 22.5. The van der Waals surface area contributed by atoms with Crippen LogP contribution in [0.25, 0.3) is 0 Å². The zero-order valence-electron chi connectivity index (χ0n) is 18.7. The number of rotatable bonds is 15. The van der Waals surface area contributed by atoms with Crippen molar-refractivity contribution in [3.05, 3.63) is 59.7 Å². The van der Waals surface area contributed by atoms with E-state index in [2.05, 4.69) is 45.0 Å². The summed E-state index contributed by atoms with van der Waals surface area (Å²) in [6, 6.07) is 16.4. The average molecular weight is 485 g/mol. The fraction of sp³-hybridized carbons (Fsp3) is 0.520. The third-order valence-electron chi connectivity index (χ3n) is 5.21. The molecule has 0 aliphatic carbocycles. The molecule has 0 heterocycles. The quantitative estimate of drug-likeness (QED) is 0.188. The topological polar surface area (TPSA) is 18.5 Å². The van der Waals surface area contributed by atoms with E-state index in [1.54, 1.807) is 11.8 Å². The molecule has 31 heavy (non-hydrogen) atoms. The van der Waals surface area contributed by atoms with E-state index in [1.165, 1.54) is 24.0 Å². The van der Waals surface area contributed by atoms with Crippen molar-refractivity contribution in [2.45, 2.75) is 50.7 Å². The van der Waals surface area contributed by atoms with Gasteiger partial charge in [0.25, 0.3) is 0 Å². The van der Waals surface area contributed by atoms with Crippen LogP contribution in [-0.4, -0.2) is 35.8 Å². The Kier molecular flexibility index (Phi) is 12.0. The zero-order valence-corrected chi connectivity index (χ0v) is 21.1. The number of ether oxygens (including phenoxy) is 2. The second-order valence-electron chi connectivity index (χ2n) is 8.02. The summed E-state index contributed by atoms with van der Waals surface area (Å²) in [4.78, 5) is 0.